The number of hydrogen-bond acceptors (Lipinski definition) is 3. The minimum absolute atomic E-state index is 0.722. The second-order valence-electron chi connectivity index (χ2n) is 4.40. The number of anilines is 1. The maximum Gasteiger partial charge on any atom is 0.192 e. The van der Waals surface area contributed by atoms with Crippen molar-refractivity contribution < 1.29 is 4.42 Å². The molecule has 2 aromatic rings. The molecule has 2 rings (SSSR count). The lowest BCUT2D eigenvalue weighted by molar-refractivity contribution is 0.561. The zero-order valence-electron chi connectivity index (χ0n) is 10.6. The monoisotopic (exact) mass is 232 g/mol. The number of aryl methyl sites for hydroxylation is 1. The molecule has 92 valence electrons. The molecule has 0 atom stereocenters. The number of oxazole rings is 1. The molecule has 0 saturated heterocycles. The number of unbranched alkanes of at least 4 members (excludes halogenated alkanes) is 3. The molecule has 1 N–H and O–H groups in total. The summed E-state index contributed by atoms with van der Waals surface area (Å²) in [7, 11) is 0. The number of fused-ring (bicyclic) bond motifs is 1. The molecule has 0 unspecified atom stereocenters. The predicted octanol–water partition coefficient (Wildman–Crippen LogP) is 4.13. The number of aromatic nitrogens is 1. The molecule has 1 heterocycles. The van der Waals surface area contributed by atoms with E-state index in [4.69, 9.17) is 4.42 Å². The first-order valence-electron chi connectivity index (χ1n) is 6.40. The van der Waals surface area contributed by atoms with E-state index in [0.717, 1.165) is 29.2 Å². The van der Waals surface area contributed by atoms with E-state index in [-0.39, 0.29) is 0 Å². The van der Waals surface area contributed by atoms with Gasteiger partial charge in [-0.1, -0.05) is 26.2 Å². The van der Waals surface area contributed by atoms with Crippen LogP contribution in [0.15, 0.2) is 22.6 Å². The molecule has 0 aliphatic rings. The smallest absolute Gasteiger partial charge is 0.192 e. The Balaban J connectivity index is 1.90. The molecule has 0 fully saturated rings. The highest BCUT2D eigenvalue weighted by molar-refractivity contribution is 5.77. The van der Waals surface area contributed by atoms with Crippen LogP contribution in [-0.4, -0.2) is 11.5 Å². The van der Waals surface area contributed by atoms with Crippen molar-refractivity contribution >= 4 is 16.8 Å². The van der Waals surface area contributed by atoms with Crippen molar-refractivity contribution in [3.05, 3.63) is 24.1 Å². The number of rotatable bonds is 6. The third kappa shape index (κ3) is 3.22. The van der Waals surface area contributed by atoms with E-state index in [1.54, 1.807) is 0 Å². The highest BCUT2D eigenvalue weighted by atomic mass is 16.3. The third-order valence-corrected chi connectivity index (χ3v) is 2.85. The van der Waals surface area contributed by atoms with Gasteiger partial charge in [-0.25, -0.2) is 4.98 Å². The van der Waals surface area contributed by atoms with Gasteiger partial charge in [0.1, 0.15) is 5.52 Å². The van der Waals surface area contributed by atoms with Crippen molar-refractivity contribution in [1.82, 2.24) is 4.98 Å². The summed E-state index contributed by atoms with van der Waals surface area (Å²) in [6.45, 7) is 5.13. The van der Waals surface area contributed by atoms with Gasteiger partial charge in [-0.2, -0.15) is 0 Å². The summed E-state index contributed by atoms with van der Waals surface area (Å²) >= 11 is 0. The Morgan fingerprint density at radius 3 is 2.94 bits per heavy atom. The zero-order chi connectivity index (χ0) is 12.1. The van der Waals surface area contributed by atoms with E-state index in [0.29, 0.717) is 0 Å². The van der Waals surface area contributed by atoms with Crippen molar-refractivity contribution in [3.8, 4) is 0 Å². The standard InChI is InChI=1S/C14H20N2O/c1-3-4-5-6-9-15-12-7-8-14-13(10-12)16-11(2)17-14/h7-8,10,15H,3-6,9H2,1-2H3. The first-order valence-corrected chi connectivity index (χ1v) is 6.40. The van der Waals surface area contributed by atoms with Crippen LogP contribution in [0.3, 0.4) is 0 Å². The molecule has 0 radical (unpaired) electrons. The minimum Gasteiger partial charge on any atom is -0.441 e. The van der Waals surface area contributed by atoms with Gasteiger partial charge in [0.15, 0.2) is 11.5 Å². The molecule has 0 spiro atoms. The maximum atomic E-state index is 5.44. The van der Waals surface area contributed by atoms with Crippen molar-refractivity contribution in [1.29, 1.82) is 0 Å². The molecule has 0 bridgehead atoms. The lowest BCUT2D eigenvalue weighted by Gasteiger charge is -2.05. The van der Waals surface area contributed by atoms with Crippen LogP contribution in [0.2, 0.25) is 0 Å². The summed E-state index contributed by atoms with van der Waals surface area (Å²) < 4.78 is 5.44. The second-order valence-corrected chi connectivity index (χ2v) is 4.40. The van der Waals surface area contributed by atoms with Crippen LogP contribution in [0.25, 0.3) is 11.1 Å². The van der Waals surface area contributed by atoms with Crippen LogP contribution in [-0.2, 0) is 0 Å². The molecule has 0 aliphatic heterocycles. The van der Waals surface area contributed by atoms with Gasteiger partial charge in [0.2, 0.25) is 0 Å². The van der Waals surface area contributed by atoms with Gasteiger partial charge in [0, 0.05) is 19.2 Å². The first kappa shape index (κ1) is 12.0. The summed E-state index contributed by atoms with van der Waals surface area (Å²) in [5.74, 6) is 0.722. The van der Waals surface area contributed by atoms with E-state index in [2.05, 4.69) is 17.2 Å². The van der Waals surface area contributed by atoms with E-state index in [1.807, 2.05) is 25.1 Å². The van der Waals surface area contributed by atoms with Crippen molar-refractivity contribution in [2.75, 3.05) is 11.9 Å². The van der Waals surface area contributed by atoms with Gasteiger partial charge >= 0.3 is 0 Å². The van der Waals surface area contributed by atoms with Crippen LogP contribution in [0.5, 0.6) is 0 Å². The summed E-state index contributed by atoms with van der Waals surface area (Å²) in [4.78, 5) is 4.32. The van der Waals surface area contributed by atoms with E-state index in [1.165, 1.54) is 25.7 Å². The number of hydrogen-bond donors (Lipinski definition) is 1. The number of benzene rings is 1. The average molecular weight is 232 g/mol. The average Bonchev–Trinajstić information content (AvgIpc) is 2.68. The summed E-state index contributed by atoms with van der Waals surface area (Å²) in [5, 5.41) is 3.42. The van der Waals surface area contributed by atoms with Gasteiger partial charge in [-0.05, 0) is 24.6 Å². The summed E-state index contributed by atoms with van der Waals surface area (Å²) in [6.07, 6.45) is 5.13. The Morgan fingerprint density at radius 2 is 2.12 bits per heavy atom. The van der Waals surface area contributed by atoms with Gasteiger partial charge in [-0.15, -0.1) is 0 Å². The molecule has 3 heteroatoms. The Bertz CT molecular complexity index is 476. The fourth-order valence-corrected chi connectivity index (χ4v) is 1.94. The lowest BCUT2D eigenvalue weighted by atomic mass is 10.2. The maximum absolute atomic E-state index is 5.44. The van der Waals surface area contributed by atoms with Crippen LogP contribution < -0.4 is 5.32 Å². The molecule has 1 aromatic heterocycles. The molecule has 0 amide bonds. The van der Waals surface area contributed by atoms with Crippen LogP contribution in [0.1, 0.15) is 38.5 Å². The van der Waals surface area contributed by atoms with Gasteiger partial charge in [0.25, 0.3) is 0 Å². The number of nitrogens with zero attached hydrogens (tertiary/aromatic N) is 1. The molecular weight excluding hydrogens is 212 g/mol. The lowest BCUT2D eigenvalue weighted by Crippen LogP contribution is -2.00. The van der Waals surface area contributed by atoms with Gasteiger partial charge < -0.3 is 9.73 Å². The van der Waals surface area contributed by atoms with Crippen LogP contribution >= 0.6 is 0 Å². The zero-order valence-corrected chi connectivity index (χ0v) is 10.6. The Labute approximate surface area is 102 Å². The fourth-order valence-electron chi connectivity index (χ4n) is 1.94. The molecule has 0 aliphatic carbocycles. The van der Waals surface area contributed by atoms with Crippen LogP contribution in [0.4, 0.5) is 5.69 Å². The molecule has 0 saturated carbocycles. The SMILES string of the molecule is CCCCCCNc1ccc2oc(C)nc2c1. The molecule has 3 nitrogen and oxygen atoms in total. The van der Waals surface area contributed by atoms with Crippen molar-refractivity contribution in [2.45, 2.75) is 39.5 Å². The topological polar surface area (TPSA) is 38.1 Å². The summed E-state index contributed by atoms with van der Waals surface area (Å²) in [5.41, 5.74) is 2.92. The summed E-state index contributed by atoms with van der Waals surface area (Å²) in [6, 6.07) is 6.07. The van der Waals surface area contributed by atoms with Crippen molar-refractivity contribution in [2.24, 2.45) is 0 Å². The quantitative estimate of drug-likeness (QED) is 0.761. The molecule has 1 aromatic carbocycles. The van der Waals surface area contributed by atoms with E-state index >= 15 is 0 Å². The Morgan fingerprint density at radius 1 is 1.24 bits per heavy atom. The second kappa shape index (κ2) is 5.71. The van der Waals surface area contributed by atoms with E-state index in [9.17, 15) is 0 Å². The third-order valence-electron chi connectivity index (χ3n) is 2.85. The molecule has 17 heavy (non-hydrogen) atoms. The van der Waals surface area contributed by atoms with Gasteiger partial charge in [0.05, 0.1) is 0 Å². The predicted molar refractivity (Wildman–Crippen MR) is 71.4 cm³/mol. The highest BCUT2D eigenvalue weighted by Crippen LogP contribution is 2.19. The number of nitrogens with one attached hydrogen (secondary N) is 1. The Kier molecular flexibility index (Phi) is 4.02. The fraction of sp³-hybridized carbons (Fsp3) is 0.500. The largest absolute Gasteiger partial charge is 0.441 e. The Hall–Kier alpha value is -1.51. The van der Waals surface area contributed by atoms with Gasteiger partial charge in [-0.3, -0.25) is 0 Å². The first-order chi connectivity index (χ1) is 8.29. The molecular formula is C14H20N2O. The van der Waals surface area contributed by atoms with Crippen molar-refractivity contribution in [3.63, 3.8) is 0 Å². The highest BCUT2D eigenvalue weighted by Gasteiger charge is 2.02. The van der Waals surface area contributed by atoms with Crippen LogP contribution in [0, 0.1) is 6.92 Å². The minimum atomic E-state index is 0.722. The normalized spacial score (nSPS) is 10.9. The van der Waals surface area contributed by atoms with E-state index < -0.39 is 0 Å².